The summed E-state index contributed by atoms with van der Waals surface area (Å²) in [7, 11) is -7.48. The molecule has 7 nitrogen and oxygen atoms in total. The Kier molecular flexibility index (Phi) is 6.17. The first kappa shape index (κ1) is 20.9. The van der Waals surface area contributed by atoms with Crippen molar-refractivity contribution in [3.8, 4) is 0 Å². The lowest BCUT2D eigenvalue weighted by Gasteiger charge is -2.15. The lowest BCUT2D eigenvalue weighted by molar-refractivity contribution is 0.436. The molecule has 1 aromatic heterocycles. The van der Waals surface area contributed by atoms with E-state index in [9.17, 15) is 16.8 Å². The molecule has 0 aliphatic carbocycles. The number of rotatable bonds is 7. The predicted octanol–water partition coefficient (Wildman–Crippen LogP) is 2.17. The van der Waals surface area contributed by atoms with Gasteiger partial charge in [0.1, 0.15) is 4.90 Å². The van der Waals surface area contributed by atoms with Crippen molar-refractivity contribution in [2.24, 2.45) is 5.92 Å². The minimum absolute atomic E-state index is 0.0281. The van der Waals surface area contributed by atoms with Crippen LogP contribution in [0.15, 0.2) is 34.1 Å². The second-order valence-corrected chi connectivity index (χ2v) is 10.6. The Hall–Kier alpha value is -1.42. The third kappa shape index (κ3) is 5.06. The second kappa shape index (κ2) is 7.67. The Labute approximate surface area is 159 Å². The Bertz CT molecular complexity index is 1010. The molecule has 2 aromatic rings. The van der Waals surface area contributed by atoms with Crippen molar-refractivity contribution >= 4 is 31.5 Å². The number of sulfone groups is 1. The van der Waals surface area contributed by atoms with Crippen LogP contribution in [0.3, 0.4) is 0 Å². The van der Waals surface area contributed by atoms with Crippen LogP contribution in [0.2, 0.25) is 5.02 Å². The molecular formula is C16H22ClN3O4S2. The SMILES string of the molecule is Cc1cc(C)n(CC(C)CNS(=O)(=O)c2cc(S(C)(=O)=O)ccc2Cl)n1. The smallest absolute Gasteiger partial charge is 0.242 e. The minimum atomic E-state index is -3.94. The van der Waals surface area contributed by atoms with Crippen LogP contribution in [0.4, 0.5) is 0 Å². The zero-order chi connectivity index (χ0) is 19.7. The zero-order valence-corrected chi connectivity index (χ0v) is 17.4. The minimum Gasteiger partial charge on any atom is -0.269 e. The van der Waals surface area contributed by atoms with E-state index in [0.29, 0.717) is 6.54 Å². The summed E-state index contributed by atoms with van der Waals surface area (Å²) in [6.45, 7) is 6.45. The van der Waals surface area contributed by atoms with Gasteiger partial charge >= 0.3 is 0 Å². The average molecular weight is 420 g/mol. The van der Waals surface area contributed by atoms with E-state index < -0.39 is 19.9 Å². The molecule has 1 N–H and O–H groups in total. The van der Waals surface area contributed by atoms with E-state index in [-0.39, 0.29) is 27.3 Å². The molecule has 0 saturated heterocycles. The van der Waals surface area contributed by atoms with Crippen molar-refractivity contribution in [3.63, 3.8) is 0 Å². The van der Waals surface area contributed by atoms with Gasteiger partial charge in [-0.15, -0.1) is 0 Å². The van der Waals surface area contributed by atoms with Crippen molar-refractivity contribution in [1.82, 2.24) is 14.5 Å². The lowest BCUT2D eigenvalue weighted by atomic mass is 10.2. The quantitative estimate of drug-likeness (QED) is 0.741. The summed E-state index contributed by atoms with van der Waals surface area (Å²) < 4.78 is 52.7. The molecule has 1 unspecified atom stereocenters. The summed E-state index contributed by atoms with van der Waals surface area (Å²) in [4.78, 5) is -0.349. The fourth-order valence-electron chi connectivity index (χ4n) is 2.47. The molecule has 0 fully saturated rings. The van der Waals surface area contributed by atoms with Crippen LogP contribution in [0, 0.1) is 19.8 Å². The molecule has 1 aromatic carbocycles. The third-order valence-corrected chi connectivity index (χ3v) is 6.85. The highest BCUT2D eigenvalue weighted by Crippen LogP contribution is 2.24. The van der Waals surface area contributed by atoms with Gasteiger partial charge < -0.3 is 0 Å². The van der Waals surface area contributed by atoms with Crippen LogP contribution >= 0.6 is 11.6 Å². The molecule has 0 spiro atoms. The molecule has 0 saturated carbocycles. The average Bonchev–Trinajstić information content (AvgIpc) is 2.82. The fraction of sp³-hybridized carbons (Fsp3) is 0.438. The Balaban J connectivity index is 2.15. The van der Waals surface area contributed by atoms with Crippen LogP contribution in [-0.2, 0) is 26.4 Å². The molecule has 2 rings (SSSR count). The first-order valence-electron chi connectivity index (χ1n) is 7.90. The molecule has 144 valence electrons. The number of halogens is 1. The summed E-state index contributed by atoms with van der Waals surface area (Å²) in [6.07, 6.45) is 1.01. The maximum Gasteiger partial charge on any atom is 0.242 e. The number of hydrogen-bond donors (Lipinski definition) is 1. The zero-order valence-electron chi connectivity index (χ0n) is 15.0. The van der Waals surface area contributed by atoms with Crippen LogP contribution in [0.25, 0.3) is 0 Å². The molecule has 0 bridgehead atoms. The largest absolute Gasteiger partial charge is 0.269 e. The molecule has 0 aliphatic heterocycles. The second-order valence-electron chi connectivity index (χ2n) is 6.43. The van der Waals surface area contributed by atoms with Crippen LogP contribution in [-0.4, -0.2) is 39.4 Å². The molecule has 26 heavy (non-hydrogen) atoms. The van der Waals surface area contributed by atoms with Gasteiger partial charge in [0.2, 0.25) is 10.0 Å². The van der Waals surface area contributed by atoms with Crippen LogP contribution < -0.4 is 4.72 Å². The lowest BCUT2D eigenvalue weighted by Crippen LogP contribution is -2.30. The summed E-state index contributed by atoms with van der Waals surface area (Å²) in [6, 6.07) is 5.58. The maximum absolute atomic E-state index is 12.5. The van der Waals surface area contributed by atoms with Crippen molar-refractivity contribution in [2.45, 2.75) is 37.1 Å². The number of nitrogens with one attached hydrogen (secondary N) is 1. The third-order valence-electron chi connectivity index (χ3n) is 3.83. The first-order valence-corrected chi connectivity index (χ1v) is 11.7. The molecule has 0 amide bonds. The number of nitrogens with zero attached hydrogens (tertiary/aromatic N) is 2. The highest BCUT2D eigenvalue weighted by atomic mass is 35.5. The van der Waals surface area contributed by atoms with E-state index >= 15 is 0 Å². The molecule has 1 heterocycles. The monoisotopic (exact) mass is 419 g/mol. The van der Waals surface area contributed by atoms with Crippen LogP contribution in [0.1, 0.15) is 18.3 Å². The van der Waals surface area contributed by atoms with Gasteiger partial charge in [0.25, 0.3) is 0 Å². The maximum atomic E-state index is 12.5. The van der Waals surface area contributed by atoms with Gasteiger partial charge in [-0.3, -0.25) is 4.68 Å². The summed E-state index contributed by atoms with van der Waals surface area (Å²) >= 11 is 5.97. The van der Waals surface area contributed by atoms with Gasteiger partial charge in [0, 0.05) is 25.0 Å². The van der Waals surface area contributed by atoms with E-state index in [1.54, 1.807) is 0 Å². The molecular weight excluding hydrogens is 398 g/mol. The molecule has 0 radical (unpaired) electrons. The van der Waals surface area contributed by atoms with Crippen molar-refractivity contribution in [3.05, 3.63) is 40.7 Å². The number of aryl methyl sites for hydroxylation is 2. The van der Waals surface area contributed by atoms with Gasteiger partial charge in [0.15, 0.2) is 9.84 Å². The van der Waals surface area contributed by atoms with E-state index in [1.807, 2.05) is 31.5 Å². The van der Waals surface area contributed by atoms with Crippen molar-refractivity contribution in [2.75, 3.05) is 12.8 Å². The van der Waals surface area contributed by atoms with Gasteiger partial charge in [-0.25, -0.2) is 21.6 Å². The number of benzene rings is 1. The predicted molar refractivity (Wildman–Crippen MR) is 101 cm³/mol. The number of aromatic nitrogens is 2. The summed E-state index contributed by atoms with van der Waals surface area (Å²) in [5.74, 6) is -0.0281. The molecule has 10 heteroatoms. The Morgan fingerprint density at radius 3 is 2.38 bits per heavy atom. The number of sulfonamides is 1. The highest BCUT2D eigenvalue weighted by Gasteiger charge is 2.21. The van der Waals surface area contributed by atoms with Crippen molar-refractivity contribution in [1.29, 1.82) is 0 Å². The normalized spacial score (nSPS) is 13.7. The fourth-order valence-corrected chi connectivity index (χ4v) is 4.88. The van der Waals surface area contributed by atoms with Crippen molar-refractivity contribution < 1.29 is 16.8 Å². The Morgan fingerprint density at radius 2 is 1.85 bits per heavy atom. The van der Waals surface area contributed by atoms with Crippen LogP contribution in [0.5, 0.6) is 0 Å². The van der Waals surface area contributed by atoms with Gasteiger partial charge in [-0.2, -0.15) is 5.10 Å². The summed E-state index contributed by atoms with van der Waals surface area (Å²) in [5, 5.41) is 4.33. The first-order chi connectivity index (χ1) is 11.9. The molecule has 0 aliphatic rings. The molecule has 1 atom stereocenters. The Morgan fingerprint density at radius 1 is 1.19 bits per heavy atom. The highest BCUT2D eigenvalue weighted by molar-refractivity contribution is 7.91. The van der Waals surface area contributed by atoms with E-state index in [0.717, 1.165) is 23.7 Å². The summed E-state index contributed by atoms with van der Waals surface area (Å²) in [5.41, 5.74) is 1.90. The van der Waals surface area contributed by atoms with Gasteiger partial charge in [-0.05, 0) is 44.0 Å². The topological polar surface area (TPSA) is 98.1 Å². The van der Waals surface area contributed by atoms with E-state index in [4.69, 9.17) is 11.6 Å². The van der Waals surface area contributed by atoms with E-state index in [2.05, 4.69) is 9.82 Å². The van der Waals surface area contributed by atoms with Gasteiger partial charge in [-0.1, -0.05) is 18.5 Å². The van der Waals surface area contributed by atoms with Gasteiger partial charge in [0.05, 0.1) is 15.6 Å². The van der Waals surface area contributed by atoms with E-state index in [1.165, 1.54) is 12.1 Å². The number of hydrogen-bond acceptors (Lipinski definition) is 5. The standard InChI is InChI=1S/C16H22ClN3O4S2/c1-11(10-20-13(3)7-12(2)19-20)9-18-26(23,24)16-8-14(25(4,21)22)5-6-15(16)17/h5-8,11,18H,9-10H2,1-4H3.